The Kier molecular flexibility index (Phi) is 7.91. The normalized spacial score (nSPS) is 16.5. The van der Waals surface area contributed by atoms with Crippen LogP contribution >= 0.6 is 12.2 Å². The molecule has 1 aliphatic rings. The first-order valence-corrected chi connectivity index (χ1v) is 10.5. The van der Waals surface area contributed by atoms with E-state index in [1.165, 1.54) is 30.5 Å². The van der Waals surface area contributed by atoms with Gasteiger partial charge < -0.3 is 30.3 Å². The van der Waals surface area contributed by atoms with Crippen LogP contribution in [0.1, 0.15) is 13.3 Å². The second kappa shape index (κ2) is 10.6. The monoisotopic (exact) mass is 470 g/mol. The number of hydrogen-bond acceptors (Lipinski definition) is 7. The van der Waals surface area contributed by atoms with Crippen LogP contribution in [0, 0.1) is 5.92 Å². The Hall–Kier alpha value is -2.86. The number of alkyl halides is 3. The fourth-order valence-corrected chi connectivity index (χ4v) is 3.53. The summed E-state index contributed by atoms with van der Waals surface area (Å²) in [5, 5.41) is 9.23. The molecule has 1 saturated heterocycles. The van der Waals surface area contributed by atoms with Crippen molar-refractivity contribution < 1.29 is 22.6 Å². The van der Waals surface area contributed by atoms with E-state index in [9.17, 15) is 13.2 Å². The lowest BCUT2D eigenvalue weighted by Crippen LogP contribution is -2.23. The van der Waals surface area contributed by atoms with Gasteiger partial charge in [-0.25, -0.2) is 4.98 Å². The van der Waals surface area contributed by atoms with Crippen molar-refractivity contribution in [2.45, 2.75) is 19.7 Å². The van der Waals surface area contributed by atoms with Crippen LogP contribution < -0.4 is 25.4 Å². The van der Waals surface area contributed by atoms with Gasteiger partial charge in [-0.2, -0.15) is 4.98 Å². The molecular formula is C20H25F3N6O2S. The fourth-order valence-electron chi connectivity index (χ4n) is 3.32. The van der Waals surface area contributed by atoms with Crippen molar-refractivity contribution >= 4 is 34.8 Å². The summed E-state index contributed by atoms with van der Waals surface area (Å²) in [5.41, 5.74) is 0.477. The molecule has 1 atom stereocenters. The lowest BCUT2D eigenvalue weighted by molar-refractivity contribution is -0.274. The molecule has 0 bridgehead atoms. The van der Waals surface area contributed by atoms with Gasteiger partial charge in [0.1, 0.15) is 5.75 Å². The standard InChI is InChI=1S/C20H25F3N6O2S/c1-3-29-9-8-13(12-29)10-24-17-16(30-2)11-25-18(27-17)28-19(32)26-14-4-6-15(7-5-14)31-20(21,22)23/h4-7,11,13H,3,8-10,12H2,1-2H3,(H3,24,25,26,27,28,32). The molecule has 1 unspecified atom stereocenters. The number of nitrogens with zero attached hydrogens (tertiary/aromatic N) is 3. The molecule has 1 fully saturated rings. The molecule has 174 valence electrons. The second-order valence-corrected chi connectivity index (χ2v) is 7.60. The number of methoxy groups -OCH3 is 1. The molecule has 2 aromatic rings. The van der Waals surface area contributed by atoms with Crippen LogP contribution in [0.15, 0.2) is 30.5 Å². The molecule has 0 amide bonds. The largest absolute Gasteiger partial charge is 0.573 e. The Bertz CT molecular complexity index is 913. The number of hydrogen-bond donors (Lipinski definition) is 3. The Morgan fingerprint density at radius 2 is 2.00 bits per heavy atom. The first-order valence-electron chi connectivity index (χ1n) is 10.1. The van der Waals surface area contributed by atoms with Crippen molar-refractivity contribution in [3.8, 4) is 11.5 Å². The fraction of sp³-hybridized carbons (Fsp3) is 0.450. The average Bonchev–Trinajstić information content (AvgIpc) is 3.21. The molecule has 0 aliphatic carbocycles. The highest BCUT2D eigenvalue weighted by molar-refractivity contribution is 7.80. The molecule has 3 rings (SSSR count). The van der Waals surface area contributed by atoms with Crippen LogP contribution in [-0.4, -0.2) is 59.6 Å². The molecule has 32 heavy (non-hydrogen) atoms. The third kappa shape index (κ3) is 7.09. The molecule has 2 heterocycles. The maximum Gasteiger partial charge on any atom is 0.573 e. The Balaban J connectivity index is 1.57. The summed E-state index contributed by atoms with van der Waals surface area (Å²) in [5.74, 6) is 1.53. The summed E-state index contributed by atoms with van der Waals surface area (Å²) in [6.07, 6.45) is -2.08. The number of rotatable bonds is 8. The van der Waals surface area contributed by atoms with Gasteiger partial charge in [0.25, 0.3) is 0 Å². The zero-order valence-corrected chi connectivity index (χ0v) is 18.5. The number of anilines is 3. The third-order valence-corrected chi connectivity index (χ3v) is 5.13. The minimum absolute atomic E-state index is 0.181. The summed E-state index contributed by atoms with van der Waals surface area (Å²) in [6, 6.07) is 5.20. The van der Waals surface area contributed by atoms with E-state index >= 15 is 0 Å². The topological polar surface area (TPSA) is 83.6 Å². The van der Waals surface area contributed by atoms with E-state index in [2.05, 4.69) is 42.5 Å². The third-order valence-electron chi connectivity index (χ3n) is 4.92. The van der Waals surface area contributed by atoms with Gasteiger partial charge in [-0.05, 0) is 61.9 Å². The smallest absolute Gasteiger partial charge is 0.491 e. The number of benzene rings is 1. The van der Waals surface area contributed by atoms with E-state index in [1.54, 1.807) is 7.11 Å². The zero-order chi connectivity index (χ0) is 23.1. The highest BCUT2D eigenvalue weighted by Crippen LogP contribution is 2.25. The molecule has 1 aromatic heterocycles. The lowest BCUT2D eigenvalue weighted by atomic mass is 10.1. The summed E-state index contributed by atoms with van der Waals surface area (Å²) in [4.78, 5) is 11.0. The SMILES string of the molecule is CCN1CCC(CNc2nc(NC(=S)Nc3ccc(OC(F)(F)F)cc3)ncc2OC)C1. The second-order valence-electron chi connectivity index (χ2n) is 7.19. The molecule has 8 nitrogen and oxygen atoms in total. The molecule has 0 spiro atoms. The predicted molar refractivity (Wildman–Crippen MR) is 120 cm³/mol. The molecule has 3 N–H and O–H groups in total. The number of nitrogens with one attached hydrogen (secondary N) is 3. The first-order chi connectivity index (χ1) is 15.3. The molecule has 0 saturated carbocycles. The number of likely N-dealkylation sites (tertiary alicyclic amines) is 1. The highest BCUT2D eigenvalue weighted by Gasteiger charge is 2.31. The Morgan fingerprint density at radius 1 is 1.25 bits per heavy atom. The zero-order valence-electron chi connectivity index (χ0n) is 17.7. The molecule has 12 heteroatoms. The van der Waals surface area contributed by atoms with Crippen LogP contribution in [0.5, 0.6) is 11.5 Å². The summed E-state index contributed by atoms with van der Waals surface area (Å²) in [6.45, 7) is 6.10. The van der Waals surface area contributed by atoms with Crippen LogP contribution in [0.25, 0.3) is 0 Å². The van der Waals surface area contributed by atoms with Crippen molar-refractivity contribution in [1.82, 2.24) is 14.9 Å². The predicted octanol–water partition coefficient (Wildman–Crippen LogP) is 3.95. The minimum Gasteiger partial charge on any atom is -0.491 e. The van der Waals surface area contributed by atoms with Gasteiger partial charge in [-0.1, -0.05) is 6.92 Å². The summed E-state index contributed by atoms with van der Waals surface area (Å²) < 4.78 is 46.0. The number of thiocarbonyl (C=S) groups is 1. The van der Waals surface area contributed by atoms with Gasteiger partial charge in [0.15, 0.2) is 16.7 Å². The van der Waals surface area contributed by atoms with Gasteiger partial charge in [0.05, 0.1) is 13.3 Å². The van der Waals surface area contributed by atoms with Crippen molar-refractivity contribution in [3.63, 3.8) is 0 Å². The van der Waals surface area contributed by atoms with Gasteiger partial charge in [0, 0.05) is 18.8 Å². The van der Waals surface area contributed by atoms with Gasteiger partial charge in [-0.15, -0.1) is 13.2 Å². The van der Waals surface area contributed by atoms with Crippen molar-refractivity contribution in [2.75, 3.05) is 49.2 Å². The number of aromatic nitrogens is 2. The van der Waals surface area contributed by atoms with Crippen LogP contribution in [0.3, 0.4) is 0 Å². The average molecular weight is 471 g/mol. The Morgan fingerprint density at radius 3 is 2.62 bits per heavy atom. The maximum atomic E-state index is 12.3. The van der Waals surface area contributed by atoms with E-state index < -0.39 is 6.36 Å². The van der Waals surface area contributed by atoms with E-state index in [0.717, 1.165) is 32.6 Å². The first kappa shape index (κ1) is 23.8. The van der Waals surface area contributed by atoms with E-state index in [1.807, 2.05) is 0 Å². The van der Waals surface area contributed by atoms with E-state index in [4.69, 9.17) is 17.0 Å². The molecule has 1 aromatic carbocycles. The number of halogens is 3. The van der Waals surface area contributed by atoms with Gasteiger partial charge in [0.2, 0.25) is 5.95 Å². The highest BCUT2D eigenvalue weighted by atomic mass is 32.1. The molecular weight excluding hydrogens is 445 g/mol. The van der Waals surface area contributed by atoms with E-state index in [-0.39, 0.29) is 16.8 Å². The minimum atomic E-state index is -4.74. The maximum absolute atomic E-state index is 12.3. The van der Waals surface area contributed by atoms with Gasteiger partial charge in [-0.3, -0.25) is 0 Å². The quantitative estimate of drug-likeness (QED) is 0.497. The molecule has 0 radical (unpaired) electrons. The Labute approximate surface area is 189 Å². The van der Waals surface area contributed by atoms with Crippen LogP contribution in [0.2, 0.25) is 0 Å². The van der Waals surface area contributed by atoms with Gasteiger partial charge >= 0.3 is 6.36 Å². The van der Waals surface area contributed by atoms with E-state index in [0.29, 0.717) is 23.2 Å². The van der Waals surface area contributed by atoms with Crippen molar-refractivity contribution in [1.29, 1.82) is 0 Å². The summed E-state index contributed by atoms with van der Waals surface area (Å²) in [7, 11) is 1.55. The van der Waals surface area contributed by atoms with Crippen molar-refractivity contribution in [2.24, 2.45) is 5.92 Å². The number of ether oxygens (including phenoxy) is 2. The van der Waals surface area contributed by atoms with Crippen LogP contribution in [0.4, 0.5) is 30.6 Å². The molecule has 1 aliphatic heterocycles. The lowest BCUT2D eigenvalue weighted by Gasteiger charge is -2.16. The van der Waals surface area contributed by atoms with Crippen molar-refractivity contribution in [3.05, 3.63) is 30.5 Å². The van der Waals surface area contributed by atoms with Crippen LogP contribution in [-0.2, 0) is 0 Å². The summed E-state index contributed by atoms with van der Waals surface area (Å²) >= 11 is 5.25.